The third-order valence-electron chi connectivity index (χ3n) is 2.30. The normalized spacial score (nSPS) is 11.2. The molecule has 0 unspecified atom stereocenters. The fourth-order valence-electron chi connectivity index (χ4n) is 1.38. The molecule has 1 N–H and O–H groups in total. The van der Waals surface area contributed by atoms with E-state index < -0.39 is 0 Å². The summed E-state index contributed by atoms with van der Waals surface area (Å²) in [4.78, 5) is 15.8. The van der Waals surface area contributed by atoms with Crippen LogP contribution in [0.4, 0.5) is 0 Å². The standard InChI is InChI=1S/C13H15N3O2S/c1-2-3-8-14-16-12(17)9-19-13-15-10-6-4-5-7-11(10)18-13/h4-8H,2-3,9H2,1H3,(H,16,17). The minimum absolute atomic E-state index is 0.167. The highest BCUT2D eigenvalue weighted by Gasteiger charge is 2.08. The van der Waals surface area contributed by atoms with Crippen LogP contribution in [0.2, 0.25) is 0 Å². The topological polar surface area (TPSA) is 67.5 Å². The molecule has 0 fully saturated rings. The summed E-state index contributed by atoms with van der Waals surface area (Å²) < 4.78 is 5.49. The number of para-hydroxylation sites is 2. The van der Waals surface area contributed by atoms with Gasteiger partial charge in [0.05, 0.1) is 5.75 Å². The Balaban J connectivity index is 1.83. The number of hydrazone groups is 1. The molecule has 0 bridgehead atoms. The van der Waals surface area contributed by atoms with E-state index in [0.29, 0.717) is 5.22 Å². The summed E-state index contributed by atoms with van der Waals surface area (Å²) in [5, 5.41) is 4.32. The Bertz CT molecular complexity index is 547. The van der Waals surface area contributed by atoms with Gasteiger partial charge in [-0.25, -0.2) is 10.4 Å². The molecular weight excluding hydrogens is 262 g/mol. The molecule has 2 rings (SSSR count). The Morgan fingerprint density at radius 1 is 1.53 bits per heavy atom. The van der Waals surface area contributed by atoms with Crippen LogP contribution in [0.15, 0.2) is 39.0 Å². The summed E-state index contributed by atoms with van der Waals surface area (Å²) in [5.74, 6) is 0.0654. The van der Waals surface area contributed by atoms with E-state index in [0.717, 1.165) is 23.9 Å². The van der Waals surface area contributed by atoms with Gasteiger partial charge in [0.25, 0.3) is 11.1 Å². The molecule has 2 aromatic rings. The summed E-state index contributed by atoms with van der Waals surface area (Å²) in [7, 11) is 0. The van der Waals surface area contributed by atoms with Crippen LogP contribution < -0.4 is 5.43 Å². The van der Waals surface area contributed by atoms with Crippen molar-refractivity contribution in [1.29, 1.82) is 0 Å². The predicted octanol–water partition coefficient (Wildman–Crippen LogP) is 2.82. The first-order chi connectivity index (χ1) is 9.29. The van der Waals surface area contributed by atoms with Gasteiger partial charge in [0.1, 0.15) is 5.52 Å². The number of hydrogen-bond donors (Lipinski definition) is 1. The fourth-order valence-corrected chi connectivity index (χ4v) is 2.01. The maximum absolute atomic E-state index is 11.5. The molecule has 0 atom stereocenters. The Morgan fingerprint density at radius 3 is 3.16 bits per heavy atom. The number of aromatic nitrogens is 1. The maximum atomic E-state index is 11.5. The first-order valence-corrected chi connectivity index (χ1v) is 7.07. The second-order valence-electron chi connectivity index (χ2n) is 3.87. The van der Waals surface area contributed by atoms with Crippen molar-refractivity contribution in [2.24, 2.45) is 5.10 Å². The van der Waals surface area contributed by atoms with E-state index in [4.69, 9.17) is 4.42 Å². The summed E-state index contributed by atoms with van der Waals surface area (Å²) in [6.07, 6.45) is 3.57. The first kappa shape index (κ1) is 13.6. The van der Waals surface area contributed by atoms with E-state index in [1.165, 1.54) is 11.8 Å². The number of nitrogens with one attached hydrogen (secondary N) is 1. The van der Waals surface area contributed by atoms with Crippen LogP contribution >= 0.6 is 11.8 Å². The van der Waals surface area contributed by atoms with Crippen molar-refractivity contribution in [2.75, 3.05) is 5.75 Å². The van der Waals surface area contributed by atoms with E-state index in [2.05, 4.69) is 22.4 Å². The van der Waals surface area contributed by atoms with E-state index in [1.54, 1.807) is 6.21 Å². The number of carbonyl (C=O) groups excluding carboxylic acids is 1. The SMILES string of the molecule is CCCC=NNC(=O)CSc1nc2ccccc2o1. The number of amides is 1. The number of fused-ring (bicyclic) bond motifs is 1. The largest absolute Gasteiger partial charge is 0.431 e. The second-order valence-corrected chi connectivity index (χ2v) is 4.80. The zero-order chi connectivity index (χ0) is 13.5. The molecule has 1 heterocycles. The van der Waals surface area contributed by atoms with Crippen molar-refractivity contribution in [3.05, 3.63) is 24.3 Å². The van der Waals surface area contributed by atoms with E-state index in [-0.39, 0.29) is 11.7 Å². The van der Waals surface area contributed by atoms with E-state index in [1.807, 2.05) is 24.3 Å². The van der Waals surface area contributed by atoms with Crippen molar-refractivity contribution in [3.8, 4) is 0 Å². The molecule has 1 amide bonds. The van der Waals surface area contributed by atoms with Crippen LogP contribution in [0.1, 0.15) is 19.8 Å². The summed E-state index contributed by atoms with van der Waals surface area (Å²) in [6, 6.07) is 7.51. The number of oxazole rings is 1. The average molecular weight is 277 g/mol. The van der Waals surface area contributed by atoms with Gasteiger partial charge in [-0.15, -0.1) is 0 Å². The molecule has 0 saturated heterocycles. The monoisotopic (exact) mass is 277 g/mol. The Morgan fingerprint density at radius 2 is 2.37 bits per heavy atom. The lowest BCUT2D eigenvalue weighted by molar-refractivity contribution is -0.118. The predicted molar refractivity (Wildman–Crippen MR) is 76.3 cm³/mol. The first-order valence-electron chi connectivity index (χ1n) is 6.08. The highest BCUT2D eigenvalue weighted by Crippen LogP contribution is 2.22. The number of hydrogen-bond acceptors (Lipinski definition) is 5. The summed E-state index contributed by atoms with van der Waals surface area (Å²) in [6.45, 7) is 2.05. The quantitative estimate of drug-likeness (QED) is 0.501. The van der Waals surface area contributed by atoms with Crippen molar-refractivity contribution >= 4 is 35.0 Å². The molecule has 1 aromatic carbocycles. The van der Waals surface area contributed by atoms with Gasteiger partial charge >= 0.3 is 0 Å². The lowest BCUT2D eigenvalue weighted by atomic mass is 10.3. The molecule has 0 aliphatic heterocycles. The van der Waals surface area contributed by atoms with Crippen molar-refractivity contribution < 1.29 is 9.21 Å². The van der Waals surface area contributed by atoms with Gasteiger partial charge < -0.3 is 4.42 Å². The number of rotatable bonds is 6. The fraction of sp³-hybridized carbons (Fsp3) is 0.308. The van der Waals surface area contributed by atoms with Gasteiger partial charge in [0.2, 0.25) is 0 Å². The summed E-state index contributed by atoms with van der Waals surface area (Å²) >= 11 is 1.25. The van der Waals surface area contributed by atoms with Gasteiger partial charge in [0.15, 0.2) is 5.58 Å². The van der Waals surface area contributed by atoms with Crippen LogP contribution in [0.5, 0.6) is 0 Å². The van der Waals surface area contributed by atoms with Crippen molar-refractivity contribution in [3.63, 3.8) is 0 Å². The molecule has 0 aliphatic rings. The van der Waals surface area contributed by atoms with Crippen LogP contribution in [-0.4, -0.2) is 22.9 Å². The average Bonchev–Trinajstić information content (AvgIpc) is 2.84. The van der Waals surface area contributed by atoms with Crippen LogP contribution in [-0.2, 0) is 4.79 Å². The lowest BCUT2D eigenvalue weighted by Crippen LogP contribution is -2.19. The number of thioether (sulfide) groups is 1. The molecule has 0 saturated carbocycles. The Kier molecular flexibility index (Phi) is 4.97. The molecule has 100 valence electrons. The highest BCUT2D eigenvalue weighted by atomic mass is 32.2. The molecule has 5 nitrogen and oxygen atoms in total. The van der Waals surface area contributed by atoms with Crippen LogP contribution in [0.3, 0.4) is 0 Å². The minimum Gasteiger partial charge on any atom is -0.431 e. The number of nitrogens with zero attached hydrogens (tertiary/aromatic N) is 2. The molecular formula is C13H15N3O2S. The van der Waals surface area contributed by atoms with Crippen LogP contribution in [0.25, 0.3) is 11.1 Å². The zero-order valence-corrected chi connectivity index (χ0v) is 11.4. The van der Waals surface area contributed by atoms with Crippen molar-refractivity contribution in [2.45, 2.75) is 25.0 Å². The summed E-state index contributed by atoms with van der Waals surface area (Å²) in [5.41, 5.74) is 3.99. The number of unbranched alkanes of at least 4 members (excludes halogenated alkanes) is 1. The van der Waals surface area contributed by atoms with Gasteiger partial charge in [0, 0.05) is 6.21 Å². The number of carbonyl (C=O) groups is 1. The molecule has 0 spiro atoms. The van der Waals surface area contributed by atoms with Gasteiger partial charge in [-0.2, -0.15) is 5.10 Å². The Hall–Kier alpha value is -1.82. The smallest absolute Gasteiger partial charge is 0.257 e. The van der Waals surface area contributed by atoms with Gasteiger partial charge in [-0.3, -0.25) is 4.79 Å². The second kappa shape index (κ2) is 6.94. The third kappa shape index (κ3) is 4.10. The van der Waals surface area contributed by atoms with Gasteiger partial charge in [-0.1, -0.05) is 37.2 Å². The minimum atomic E-state index is -0.167. The Labute approximate surface area is 115 Å². The molecule has 0 aliphatic carbocycles. The molecule has 1 aromatic heterocycles. The highest BCUT2D eigenvalue weighted by molar-refractivity contribution is 7.99. The molecule has 0 radical (unpaired) electrons. The maximum Gasteiger partial charge on any atom is 0.257 e. The van der Waals surface area contributed by atoms with Gasteiger partial charge in [-0.05, 0) is 18.6 Å². The number of benzene rings is 1. The van der Waals surface area contributed by atoms with Crippen molar-refractivity contribution in [1.82, 2.24) is 10.4 Å². The van der Waals surface area contributed by atoms with E-state index >= 15 is 0 Å². The molecule has 6 heteroatoms. The molecule has 19 heavy (non-hydrogen) atoms. The van der Waals surface area contributed by atoms with E-state index in [9.17, 15) is 4.79 Å². The third-order valence-corrected chi connectivity index (χ3v) is 3.13. The zero-order valence-electron chi connectivity index (χ0n) is 10.6. The lowest BCUT2D eigenvalue weighted by Gasteiger charge is -1.96. The van der Waals surface area contributed by atoms with Crippen LogP contribution in [0, 0.1) is 0 Å².